The van der Waals surface area contributed by atoms with Gasteiger partial charge in [-0.2, -0.15) is 0 Å². The average Bonchev–Trinajstić information content (AvgIpc) is 2.27. The fourth-order valence-electron chi connectivity index (χ4n) is 1.27. The lowest BCUT2D eigenvalue weighted by molar-refractivity contribution is -0.137. The van der Waals surface area contributed by atoms with Gasteiger partial charge in [0.1, 0.15) is 0 Å². The van der Waals surface area contributed by atoms with E-state index >= 15 is 0 Å². The summed E-state index contributed by atoms with van der Waals surface area (Å²) >= 11 is 0. The molecule has 0 heterocycles. The van der Waals surface area contributed by atoms with Crippen molar-refractivity contribution >= 4 is 11.9 Å². The summed E-state index contributed by atoms with van der Waals surface area (Å²) in [6, 6.07) is 0. The molecule has 0 aliphatic carbocycles. The van der Waals surface area contributed by atoms with Gasteiger partial charge in [-0.15, -0.1) is 0 Å². The lowest BCUT2D eigenvalue weighted by Gasteiger charge is -2.09. The van der Waals surface area contributed by atoms with Gasteiger partial charge in [0.2, 0.25) is 5.91 Å². The number of amides is 1. The standard InChI is InChI=1S/C13H21NO3/c1-3-4-5-6-12(15)14-10-9-11(2)7-8-13(16)17/h3-6,11H,7-10H2,1-2H3,(H,14,15)(H,16,17). The molecule has 17 heavy (non-hydrogen) atoms. The van der Waals surface area contributed by atoms with E-state index in [0.29, 0.717) is 18.9 Å². The topological polar surface area (TPSA) is 66.4 Å². The summed E-state index contributed by atoms with van der Waals surface area (Å²) in [5, 5.41) is 11.3. The first-order chi connectivity index (χ1) is 8.06. The van der Waals surface area contributed by atoms with Crippen LogP contribution in [0.25, 0.3) is 0 Å². The molecule has 0 saturated heterocycles. The molecular weight excluding hydrogens is 218 g/mol. The third-order valence-corrected chi connectivity index (χ3v) is 2.34. The zero-order valence-corrected chi connectivity index (χ0v) is 10.5. The quantitative estimate of drug-likeness (QED) is 0.503. The molecule has 1 atom stereocenters. The monoisotopic (exact) mass is 239 g/mol. The van der Waals surface area contributed by atoms with Gasteiger partial charge < -0.3 is 10.4 Å². The number of nitrogens with one attached hydrogen (secondary N) is 1. The van der Waals surface area contributed by atoms with Gasteiger partial charge in [-0.3, -0.25) is 9.59 Å². The van der Waals surface area contributed by atoms with E-state index in [0.717, 1.165) is 6.42 Å². The summed E-state index contributed by atoms with van der Waals surface area (Å²) in [6.45, 7) is 4.46. The zero-order valence-electron chi connectivity index (χ0n) is 10.5. The van der Waals surface area contributed by atoms with Crippen LogP contribution in [-0.2, 0) is 9.59 Å². The minimum atomic E-state index is -0.768. The third-order valence-electron chi connectivity index (χ3n) is 2.34. The molecule has 0 rings (SSSR count). The second-order valence-corrected chi connectivity index (χ2v) is 4.00. The molecule has 1 unspecified atom stereocenters. The van der Waals surface area contributed by atoms with Crippen LogP contribution < -0.4 is 5.32 Å². The maximum Gasteiger partial charge on any atom is 0.303 e. The van der Waals surface area contributed by atoms with Crippen molar-refractivity contribution in [1.82, 2.24) is 5.32 Å². The van der Waals surface area contributed by atoms with Crippen molar-refractivity contribution in [1.29, 1.82) is 0 Å². The average molecular weight is 239 g/mol. The fourth-order valence-corrected chi connectivity index (χ4v) is 1.27. The highest BCUT2D eigenvalue weighted by atomic mass is 16.4. The van der Waals surface area contributed by atoms with Crippen molar-refractivity contribution < 1.29 is 14.7 Å². The molecule has 96 valence electrons. The summed E-state index contributed by atoms with van der Waals surface area (Å²) in [6.07, 6.45) is 8.43. The number of hydrogen-bond donors (Lipinski definition) is 2. The lowest BCUT2D eigenvalue weighted by atomic mass is 10.0. The Balaban J connectivity index is 3.61. The minimum Gasteiger partial charge on any atom is -0.481 e. The number of carboxylic acids is 1. The van der Waals surface area contributed by atoms with Gasteiger partial charge in [-0.25, -0.2) is 0 Å². The molecule has 0 bridgehead atoms. The Morgan fingerprint density at radius 2 is 2.00 bits per heavy atom. The number of carbonyl (C=O) groups is 2. The molecule has 2 N–H and O–H groups in total. The van der Waals surface area contributed by atoms with Gasteiger partial charge in [0.15, 0.2) is 0 Å². The van der Waals surface area contributed by atoms with Crippen LogP contribution in [0.3, 0.4) is 0 Å². The summed E-state index contributed by atoms with van der Waals surface area (Å²) in [4.78, 5) is 21.6. The first kappa shape index (κ1) is 15.4. The first-order valence-corrected chi connectivity index (χ1v) is 5.85. The maximum atomic E-state index is 11.2. The Labute approximate surface area is 102 Å². The SMILES string of the molecule is CC=CC=CC(=O)NCCC(C)CCC(=O)O. The van der Waals surface area contributed by atoms with E-state index in [-0.39, 0.29) is 12.3 Å². The molecule has 0 aromatic heterocycles. The van der Waals surface area contributed by atoms with Gasteiger partial charge in [-0.05, 0) is 25.7 Å². The van der Waals surface area contributed by atoms with Crippen LogP contribution in [-0.4, -0.2) is 23.5 Å². The second kappa shape index (κ2) is 9.63. The van der Waals surface area contributed by atoms with E-state index in [2.05, 4.69) is 5.32 Å². The minimum absolute atomic E-state index is 0.117. The number of hydrogen-bond acceptors (Lipinski definition) is 2. The fraction of sp³-hybridized carbons (Fsp3) is 0.538. The third kappa shape index (κ3) is 10.7. The van der Waals surface area contributed by atoms with Crippen LogP contribution in [0.4, 0.5) is 0 Å². The molecule has 0 fully saturated rings. The molecule has 0 aromatic rings. The number of aliphatic carboxylic acids is 1. The van der Waals surface area contributed by atoms with E-state index in [1.807, 2.05) is 19.9 Å². The molecule has 1 amide bonds. The highest BCUT2D eigenvalue weighted by molar-refractivity contribution is 5.87. The van der Waals surface area contributed by atoms with E-state index in [1.165, 1.54) is 6.08 Å². The van der Waals surface area contributed by atoms with Crippen molar-refractivity contribution in [2.45, 2.75) is 33.1 Å². The lowest BCUT2D eigenvalue weighted by Crippen LogP contribution is -2.23. The summed E-state index contributed by atoms with van der Waals surface area (Å²) < 4.78 is 0. The van der Waals surface area contributed by atoms with Crippen LogP contribution >= 0.6 is 0 Å². The smallest absolute Gasteiger partial charge is 0.303 e. The number of carboxylic acid groups (broad SMARTS) is 1. The van der Waals surface area contributed by atoms with E-state index in [1.54, 1.807) is 12.2 Å². The second-order valence-electron chi connectivity index (χ2n) is 4.00. The van der Waals surface area contributed by atoms with Crippen molar-refractivity contribution in [2.24, 2.45) is 5.92 Å². The first-order valence-electron chi connectivity index (χ1n) is 5.85. The highest BCUT2D eigenvalue weighted by Gasteiger charge is 2.05. The molecular formula is C13H21NO3. The summed E-state index contributed by atoms with van der Waals surface area (Å²) in [7, 11) is 0. The van der Waals surface area contributed by atoms with Crippen molar-refractivity contribution in [3.8, 4) is 0 Å². The van der Waals surface area contributed by atoms with Crippen molar-refractivity contribution in [3.63, 3.8) is 0 Å². The Morgan fingerprint density at radius 3 is 2.59 bits per heavy atom. The van der Waals surface area contributed by atoms with Gasteiger partial charge >= 0.3 is 5.97 Å². The predicted molar refractivity (Wildman–Crippen MR) is 67.6 cm³/mol. The summed E-state index contributed by atoms with van der Waals surface area (Å²) in [5.41, 5.74) is 0. The molecule has 0 aliphatic rings. The van der Waals surface area contributed by atoms with Gasteiger partial charge in [-0.1, -0.05) is 25.2 Å². The molecule has 0 aliphatic heterocycles. The molecule has 4 heteroatoms. The molecule has 0 aromatic carbocycles. The molecule has 0 spiro atoms. The highest BCUT2D eigenvalue weighted by Crippen LogP contribution is 2.08. The van der Waals surface area contributed by atoms with E-state index in [9.17, 15) is 9.59 Å². The van der Waals surface area contributed by atoms with Crippen LogP contribution in [0, 0.1) is 5.92 Å². The van der Waals surface area contributed by atoms with E-state index in [4.69, 9.17) is 5.11 Å². The summed E-state index contributed by atoms with van der Waals surface area (Å²) in [5.74, 6) is -0.574. The van der Waals surface area contributed by atoms with Crippen LogP contribution in [0.15, 0.2) is 24.3 Å². The molecule has 0 saturated carbocycles. The Hall–Kier alpha value is -1.58. The largest absolute Gasteiger partial charge is 0.481 e. The van der Waals surface area contributed by atoms with Crippen LogP contribution in [0.1, 0.15) is 33.1 Å². The van der Waals surface area contributed by atoms with Crippen molar-refractivity contribution in [2.75, 3.05) is 6.54 Å². The van der Waals surface area contributed by atoms with Crippen LogP contribution in [0.5, 0.6) is 0 Å². The number of rotatable bonds is 8. The Kier molecular flexibility index (Phi) is 8.74. The normalized spacial score (nSPS) is 13.1. The maximum absolute atomic E-state index is 11.2. The predicted octanol–water partition coefficient (Wildman–Crippen LogP) is 2.13. The van der Waals surface area contributed by atoms with Gasteiger partial charge in [0, 0.05) is 19.0 Å². The Bertz CT molecular complexity index is 295. The van der Waals surface area contributed by atoms with Crippen molar-refractivity contribution in [3.05, 3.63) is 24.3 Å². The number of carbonyl (C=O) groups excluding carboxylic acids is 1. The zero-order chi connectivity index (χ0) is 13.1. The molecule has 0 radical (unpaired) electrons. The number of allylic oxidation sites excluding steroid dienone is 3. The van der Waals surface area contributed by atoms with E-state index < -0.39 is 5.97 Å². The molecule has 4 nitrogen and oxygen atoms in total. The van der Waals surface area contributed by atoms with Gasteiger partial charge in [0.25, 0.3) is 0 Å². The Morgan fingerprint density at radius 1 is 1.29 bits per heavy atom. The van der Waals surface area contributed by atoms with Crippen LogP contribution in [0.2, 0.25) is 0 Å². The van der Waals surface area contributed by atoms with Gasteiger partial charge in [0.05, 0.1) is 0 Å².